The molecule has 0 saturated heterocycles. The summed E-state index contributed by atoms with van der Waals surface area (Å²) in [4.78, 5) is 11.9. The highest BCUT2D eigenvalue weighted by molar-refractivity contribution is 9.11. The van der Waals surface area contributed by atoms with Gasteiger partial charge in [0.1, 0.15) is 0 Å². The van der Waals surface area contributed by atoms with E-state index in [4.69, 9.17) is 4.74 Å². The van der Waals surface area contributed by atoms with Crippen molar-refractivity contribution in [1.29, 1.82) is 0 Å². The van der Waals surface area contributed by atoms with Gasteiger partial charge in [-0.05, 0) is 59.8 Å². The van der Waals surface area contributed by atoms with E-state index in [9.17, 15) is 4.79 Å². The average molecular weight is 458 g/mol. The number of carbonyl (C=O) groups excluding carboxylic acids is 1. The molecule has 0 spiro atoms. The fraction of sp³-hybridized carbons (Fsp3) is 0.444. The van der Waals surface area contributed by atoms with E-state index in [0.717, 1.165) is 52.4 Å². The minimum absolute atomic E-state index is 0.199. The van der Waals surface area contributed by atoms with Crippen LogP contribution < -0.4 is 5.43 Å². The summed E-state index contributed by atoms with van der Waals surface area (Å²) < 4.78 is 6.82. The largest absolute Gasteiger partial charge is 0.469 e. The van der Waals surface area contributed by atoms with Crippen molar-refractivity contribution in [2.24, 2.45) is 10.5 Å². The van der Waals surface area contributed by atoms with Crippen LogP contribution in [-0.4, -0.2) is 18.8 Å². The predicted molar refractivity (Wildman–Crippen MR) is 105 cm³/mol. The molecule has 1 atom stereocenters. The summed E-state index contributed by atoms with van der Waals surface area (Å²) >= 11 is 6.99. The van der Waals surface area contributed by atoms with Crippen LogP contribution in [0.1, 0.15) is 38.5 Å². The summed E-state index contributed by atoms with van der Waals surface area (Å²) in [5.74, 6) is -0.199. The number of benzene rings is 1. The number of halogens is 2. The van der Waals surface area contributed by atoms with Crippen LogP contribution in [0.4, 0.5) is 5.69 Å². The molecule has 0 heterocycles. The first kappa shape index (κ1) is 19.2. The third-order valence-electron chi connectivity index (χ3n) is 4.42. The minimum atomic E-state index is -0.293. The third kappa shape index (κ3) is 4.70. The van der Waals surface area contributed by atoms with E-state index >= 15 is 0 Å². The monoisotopic (exact) mass is 456 g/mol. The predicted octanol–water partition coefficient (Wildman–Crippen LogP) is 5.68. The molecule has 0 bridgehead atoms. The number of nitrogens with zero attached hydrogens (tertiary/aromatic N) is 1. The van der Waals surface area contributed by atoms with Gasteiger partial charge in [-0.2, -0.15) is 5.10 Å². The van der Waals surface area contributed by atoms with Gasteiger partial charge >= 0.3 is 5.97 Å². The molecule has 1 N–H and O–H groups in total. The van der Waals surface area contributed by atoms with Crippen LogP contribution in [0.25, 0.3) is 0 Å². The van der Waals surface area contributed by atoms with Crippen LogP contribution >= 0.6 is 31.9 Å². The van der Waals surface area contributed by atoms with Crippen LogP contribution in [0, 0.1) is 5.41 Å². The van der Waals surface area contributed by atoms with Crippen molar-refractivity contribution in [3.63, 3.8) is 0 Å². The lowest BCUT2D eigenvalue weighted by Gasteiger charge is -2.37. The number of esters is 1. The van der Waals surface area contributed by atoms with Gasteiger partial charge in [-0.3, -0.25) is 10.2 Å². The molecule has 1 aliphatic rings. The highest BCUT2D eigenvalue weighted by Crippen LogP contribution is 2.41. The SMILES string of the molecule is C=CCC1(CC(=O)OC)CCCCC1=NNc1cc(Br)ccc1Br. The molecule has 0 aliphatic heterocycles. The molecule has 1 aromatic rings. The lowest BCUT2D eigenvalue weighted by atomic mass is 9.68. The standard InChI is InChI=1S/C18H22Br2N2O2/c1-3-9-18(12-17(23)24-2)10-5-4-6-16(18)22-21-15-11-13(19)7-8-14(15)20/h3,7-8,11,21H,1,4-6,9-10,12H2,2H3. The van der Waals surface area contributed by atoms with Crippen molar-refractivity contribution < 1.29 is 9.53 Å². The van der Waals surface area contributed by atoms with Crippen LogP contribution in [0.5, 0.6) is 0 Å². The molecular weight excluding hydrogens is 436 g/mol. The lowest BCUT2D eigenvalue weighted by molar-refractivity contribution is -0.142. The molecule has 0 amide bonds. The van der Waals surface area contributed by atoms with Crippen molar-refractivity contribution in [1.82, 2.24) is 0 Å². The molecule has 6 heteroatoms. The van der Waals surface area contributed by atoms with Gasteiger partial charge in [-0.25, -0.2) is 0 Å². The van der Waals surface area contributed by atoms with Gasteiger partial charge in [0.15, 0.2) is 0 Å². The van der Waals surface area contributed by atoms with Gasteiger partial charge in [-0.15, -0.1) is 6.58 Å². The topological polar surface area (TPSA) is 50.7 Å². The maximum Gasteiger partial charge on any atom is 0.306 e. The molecule has 130 valence electrons. The summed E-state index contributed by atoms with van der Waals surface area (Å²) in [5, 5.41) is 4.68. The Labute approximate surface area is 160 Å². The molecular formula is C18H22Br2N2O2. The maximum atomic E-state index is 11.9. The first-order chi connectivity index (χ1) is 11.5. The number of rotatable bonds is 6. The average Bonchev–Trinajstić information content (AvgIpc) is 2.57. The molecule has 1 fully saturated rings. The van der Waals surface area contributed by atoms with E-state index in [1.807, 2.05) is 24.3 Å². The maximum absolute atomic E-state index is 11.9. The summed E-state index contributed by atoms with van der Waals surface area (Å²) in [6.07, 6.45) is 6.92. The van der Waals surface area contributed by atoms with E-state index in [2.05, 4.69) is 49.0 Å². The lowest BCUT2D eigenvalue weighted by Crippen LogP contribution is -2.37. The minimum Gasteiger partial charge on any atom is -0.469 e. The summed E-state index contributed by atoms with van der Waals surface area (Å²) in [5.41, 5.74) is 4.76. The molecule has 24 heavy (non-hydrogen) atoms. The van der Waals surface area contributed by atoms with Gasteiger partial charge < -0.3 is 4.74 Å². The fourth-order valence-corrected chi connectivity index (χ4v) is 3.85. The Morgan fingerprint density at radius 3 is 2.96 bits per heavy atom. The second-order valence-corrected chi connectivity index (χ2v) is 7.80. The number of allylic oxidation sites excluding steroid dienone is 1. The Morgan fingerprint density at radius 1 is 1.46 bits per heavy atom. The summed E-state index contributed by atoms with van der Waals surface area (Å²) in [6.45, 7) is 3.87. The van der Waals surface area contributed by atoms with Gasteiger partial charge in [0.25, 0.3) is 0 Å². The molecule has 1 unspecified atom stereocenters. The Bertz CT molecular complexity index is 646. The van der Waals surface area contributed by atoms with Crippen molar-refractivity contribution in [2.75, 3.05) is 12.5 Å². The number of methoxy groups -OCH3 is 1. The van der Waals surface area contributed by atoms with E-state index in [1.165, 1.54) is 7.11 Å². The second-order valence-electron chi connectivity index (χ2n) is 6.03. The number of anilines is 1. The molecule has 0 radical (unpaired) electrons. The second kappa shape index (κ2) is 8.81. The Kier molecular flexibility index (Phi) is 7.04. The molecule has 0 aromatic heterocycles. The van der Waals surface area contributed by atoms with Crippen molar-refractivity contribution >= 4 is 49.2 Å². The third-order valence-corrected chi connectivity index (χ3v) is 5.60. The number of carbonyl (C=O) groups is 1. The summed E-state index contributed by atoms with van der Waals surface area (Å²) in [6, 6.07) is 5.88. The van der Waals surface area contributed by atoms with E-state index in [1.54, 1.807) is 0 Å². The highest BCUT2D eigenvalue weighted by atomic mass is 79.9. The van der Waals surface area contributed by atoms with Crippen molar-refractivity contribution in [3.05, 3.63) is 39.8 Å². The highest BCUT2D eigenvalue weighted by Gasteiger charge is 2.39. The molecule has 4 nitrogen and oxygen atoms in total. The molecule has 1 aliphatic carbocycles. The van der Waals surface area contributed by atoms with Crippen molar-refractivity contribution in [3.8, 4) is 0 Å². The van der Waals surface area contributed by atoms with Crippen molar-refractivity contribution in [2.45, 2.75) is 38.5 Å². The zero-order valence-electron chi connectivity index (χ0n) is 13.8. The molecule has 1 saturated carbocycles. The van der Waals surface area contributed by atoms with E-state index < -0.39 is 0 Å². The van der Waals surface area contributed by atoms with Crippen LogP contribution in [-0.2, 0) is 9.53 Å². The number of nitrogens with one attached hydrogen (secondary N) is 1. The zero-order chi connectivity index (χ0) is 17.6. The molecule has 1 aromatic carbocycles. The van der Waals surface area contributed by atoms with Crippen LogP contribution in [0.2, 0.25) is 0 Å². The Hall–Kier alpha value is -1.14. The van der Waals surface area contributed by atoms with Crippen LogP contribution in [0.15, 0.2) is 44.9 Å². The number of ether oxygens (including phenoxy) is 1. The van der Waals surface area contributed by atoms with Gasteiger partial charge in [0.2, 0.25) is 0 Å². The Balaban J connectivity index is 2.29. The quantitative estimate of drug-likeness (QED) is 0.339. The number of hydrazone groups is 1. The molecule has 2 rings (SSSR count). The van der Waals surface area contributed by atoms with Gasteiger partial charge in [0.05, 0.1) is 19.2 Å². The smallest absolute Gasteiger partial charge is 0.306 e. The fourth-order valence-electron chi connectivity index (χ4n) is 3.16. The van der Waals surface area contributed by atoms with E-state index in [0.29, 0.717) is 6.42 Å². The number of hydrogen-bond donors (Lipinski definition) is 1. The van der Waals surface area contributed by atoms with E-state index in [-0.39, 0.29) is 11.4 Å². The normalized spacial score (nSPS) is 22.2. The van der Waals surface area contributed by atoms with Gasteiger partial charge in [0, 0.05) is 20.1 Å². The first-order valence-electron chi connectivity index (χ1n) is 7.96. The first-order valence-corrected chi connectivity index (χ1v) is 9.55. The summed E-state index contributed by atoms with van der Waals surface area (Å²) in [7, 11) is 1.43. The number of hydrogen-bond acceptors (Lipinski definition) is 4. The van der Waals surface area contributed by atoms with Gasteiger partial charge in [-0.1, -0.05) is 28.4 Å². The van der Waals surface area contributed by atoms with Crippen LogP contribution in [0.3, 0.4) is 0 Å². The zero-order valence-corrected chi connectivity index (χ0v) is 17.0. The Morgan fingerprint density at radius 2 is 2.25 bits per heavy atom.